The van der Waals surface area contributed by atoms with E-state index in [9.17, 15) is 4.79 Å². The molecule has 1 aliphatic heterocycles. The molecule has 0 aromatic heterocycles. The van der Waals surface area contributed by atoms with E-state index in [1.807, 2.05) is 18.9 Å². The van der Waals surface area contributed by atoms with Crippen molar-refractivity contribution in [3.05, 3.63) is 0 Å². The van der Waals surface area contributed by atoms with Gasteiger partial charge in [0.1, 0.15) is 6.61 Å². The fourth-order valence-corrected chi connectivity index (χ4v) is 1.40. The maximum absolute atomic E-state index is 11.4. The molecular formula is C9H18N2O2. The van der Waals surface area contributed by atoms with Gasteiger partial charge in [-0.05, 0) is 20.9 Å². The first-order chi connectivity index (χ1) is 6.15. The van der Waals surface area contributed by atoms with Crippen molar-refractivity contribution in [1.82, 2.24) is 10.2 Å². The lowest BCUT2D eigenvalue weighted by molar-refractivity contribution is -0.147. The number of carbonyl (C=O) groups is 1. The summed E-state index contributed by atoms with van der Waals surface area (Å²) >= 11 is 0. The Morgan fingerprint density at radius 1 is 1.77 bits per heavy atom. The molecule has 1 fully saturated rings. The van der Waals surface area contributed by atoms with Crippen LogP contribution in [-0.2, 0) is 9.53 Å². The molecule has 1 N–H and O–H groups in total. The molecule has 4 nitrogen and oxygen atoms in total. The number of likely N-dealkylation sites (N-methyl/N-ethyl adjacent to an activating group) is 1. The summed E-state index contributed by atoms with van der Waals surface area (Å²) in [6.07, 6.45) is 0. The normalized spacial score (nSPS) is 26.2. The summed E-state index contributed by atoms with van der Waals surface area (Å²) in [4.78, 5) is 13.3. The summed E-state index contributed by atoms with van der Waals surface area (Å²) in [6, 6.07) is 0.543. The van der Waals surface area contributed by atoms with Gasteiger partial charge < -0.3 is 15.0 Å². The van der Waals surface area contributed by atoms with E-state index >= 15 is 0 Å². The quantitative estimate of drug-likeness (QED) is 0.666. The van der Waals surface area contributed by atoms with Crippen molar-refractivity contribution in [3.8, 4) is 0 Å². The van der Waals surface area contributed by atoms with Crippen LogP contribution in [0.5, 0.6) is 0 Å². The van der Waals surface area contributed by atoms with Crippen LogP contribution in [0.1, 0.15) is 13.8 Å². The Balaban J connectivity index is 2.48. The SMILES string of the molecule is CNC(C)CN1C(=O)COCC1C. The summed E-state index contributed by atoms with van der Waals surface area (Å²) in [7, 11) is 1.90. The third-order valence-electron chi connectivity index (χ3n) is 2.40. The minimum Gasteiger partial charge on any atom is -0.370 e. The summed E-state index contributed by atoms with van der Waals surface area (Å²) < 4.78 is 5.13. The van der Waals surface area contributed by atoms with Gasteiger partial charge in [-0.2, -0.15) is 0 Å². The second kappa shape index (κ2) is 4.58. The summed E-state index contributed by atoms with van der Waals surface area (Å²) in [5, 5.41) is 3.12. The number of rotatable bonds is 3. The van der Waals surface area contributed by atoms with Crippen molar-refractivity contribution in [3.63, 3.8) is 0 Å². The summed E-state index contributed by atoms with van der Waals surface area (Å²) in [5.74, 6) is 0.0980. The molecule has 2 atom stereocenters. The second-order valence-corrected chi connectivity index (χ2v) is 3.60. The predicted molar refractivity (Wildman–Crippen MR) is 50.5 cm³/mol. The smallest absolute Gasteiger partial charge is 0.248 e. The molecule has 0 radical (unpaired) electrons. The molecule has 0 bridgehead atoms. The van der Waals surface area contributed by atoms with E-state index in [0.717, 1.165) is 6.54 Å². The fourth-order valence-electron chi connectivity index (χ4n) is 1.40. The lowest BCUT2D eigenvalue weighted by atomic mass is 10.2. The number of morpholine rings is 1. The molecule has 1 saturated heterocycles. The summed E-state index contributed by atoms with van der Waals surface area (Å²) in [6.45, 7) is 5.73. The van der Waals surface area contributed by atoms with Crippen LogP contribution in [0.3, 0.4) is 0 Å². The Labute approximate surface area is 79.2 Å². The van der Waals surface area contributed by atoms with Crippen LogP contribution in [0.15, 0.2) is 0 Å². The van der Waals surface area contributed by atoms with Crippen LogP contribution < -0.4 is 5.32 Å². The van der Waals surface area contributed by atoms with Gasteiger partial charge in [-0.15, -0.1) is 0 Å². The van der Waals surface area contributed by atoms with Crippen LogP contribution in [0.2, 0.25) is 0 Å². The third-order valence-corrected chi connectivity index (χ3v) is 2.40. The molecule has 0 spiro atoms. The zero-order valence-corrected chi connectivity index (χ0v) is 8.54. The highest BCUT2D eigenvalue weighted by Gasteiger charge is 2.25. The zero-order valence-electron chi connectivity index (χ0n) is 8.54. The first-order valence-electron chi connectivity index (χ1n) is 4.69. The Morgan fingerprint density at radius 2 is 2.46 bits per heavy atom. The Morgan fingerprint density at radius 3 is 3.00 bits per heavy atom. The van der Waals surface area contributed by atoms with Crippen molar-refractivity contribution in [1.29, 1.82) is 0 Å². The van der Waals surface area contributed by atoms with Gasteiger partial charge in [-0.3, -0.25) is 4.79 Å². The van der Waals surface area contributed by atoms with Crippen molar-refractivity contribution in [2.75, 3.05) is 26.8 Å². The van der Waals surface area contributed by atoms with Crippen LogP contribution in [0, 0.1) is 0 Å². The molecule has 2 unspecified atom stereocenters. The molecule has 1 amide bonds. The molecule has 1 aliphatic rings. The van der Waals surface area contributed by atoms with Crippen molar-refractivity contribution in [2.24, 2.45) is 0 Å². The van der Waals surface area contributed by atoms with Gasteiger partial charge in [-0.25, -0.2) is 0 Å². The number of ether oxygens (including phenoxy) is 1. The molecule has 1 rings (SSSR count). The highest BCUT2D eigenvalue weighted by molar-refractivity contribution is 5.78. The number of carbonyl (C=O) groups excluding carboxylic acids is 1. The summed E-state index contributed by atoms with van der Waals surface area (Å²) in [5.41, 5.74) is 0. The molecule has 76 valence electrons. The molecule has 4 heteroatoms. The zero-order chi connectivity index (χ0) is 9.84. The van der Waals surface area contributed by atoms with Crippen molar-refractivity contribution >= 4 is 5.91 Å². The van der Waals surface area contributed by atoms with Crippen LogP contribution in [0.25, 0.3) is 0 Å². The van der Waals surface area contributed by atoms with Crippen LogP contribution in [-0.4, -0.2) is 49.7 Å². The fraction of sp³-hybridized carbons (Fsp3) is 0.889. The van der Waals surface area contributed by atoms with Crippen molar-refractivity contribution in [2.45, 2.75) is 25.9 Å². The largest absolute Gasteiger partial charge is 0.370 e. The average molecular weight is 186 g/mol. The number of hydrogen-bond donors (Lipinski definition) is 1. The maximum Gasteiger partial charge on any atom is 0.248 e. The van der Waals surface area contributed by atoms with Gasteiger partial charge in [0.15, 0.2) is 0 Å². The van der Waals surface area contributed by atoms with Crippen LogP contribution in [0.4, 0.5) is 0 Å². The molecule has 13 heavy (non-hydrogen) atoms. The third kappa shape index (κ3) is 2.67. The van der Waals surface area contributed by atoms with Gasteiger partial charge in [0.25, 0.3) is 0 Å². The number of nitrogens with one attached hydrogen (secondary N) is 1. The highest BCUT2D eigenvalue weighted by atomic mass is 16.5. The topological polar surface area (TPSA) is 41.6 Å². The van der Waals surface area contributed by atoms with E-state index in [1.54, 1.807) is 0 Å². The van der Waals surface area contributed by atoms with E-state index in [0.29, 0.717) is 12.6 Å². The molecule has 0 aromatic carbocycles. The monoisotopic (exact) mass is 186 g/mol. The molecular weight excluding hydrogens is 168 g/mol. The highest BCUT2D eigenvalue weighted by Crippen LogP contribution is 2.07. The number of nitrogens with zero attached hydrogens (tertiary/aromatic N) is 1. The average Bonchev–Trinajstić information content (AvgIpc) is 2.11. The molecule has 0 aliphatic carbocycles. The van der Waals surface area contributed by atoms with E-state index in [2.05, 4.69) is 12.2 Å². The lowest BCUT2D eigenvalue weighted by Crippen LogP contribution is -2.52. The van der Waals surface area contributed by atoms with Gasteiger partial charge in [0.2, 0.25) is 5.91 Å². The van der Waals surface area contributed by atoms with Crippen molar-refractivity contribution < 1.29 is 9.53 Å². The Hall–Kier alpha value is -0.610. The minimum absolute atomic E-state index is 0.0980. The first kappa shape index (κ1) is 10.5. The van der Waals surface area contributed by atoms with Gasteiger partial charge in [-0.1, -0.05) is 0 Å². The molecule has 1 heterocycles. The van der Waals surface area contributed by atoms with E-state index in [4.69, 9.17) is 4.74 Å². The van der Waals surface area contributed by atoms with Gasteiger partial charge in [0, 0.05) is 12.6 Å². The molecule has 0 saturated carbocycles. The number of amides is 1. The van der Waals surface area contributed by atoms with E-state index in [1.165, 1.54) is 0 Å². The van der Waals surface area contributed by atoms with E-state index in [-0.39, 0.29) is 18.6 Å². The Bertz CT molecular complexity index is 184. The van der Waals surface area contributed by atoms with Gasteiger partial charge >= 0.3 is 0 Å². The van der Waals surface area contributed by atoms with Gasteiger partial charge in [0.05, 0.1) is 12.6 Å². The van der Waals surface area contributed by atoms with Crippen LogP contribution >= 0.6 is 0 Å². The lowest BCUT2D eigenvalue weighted by Gasteiger charge is -2.34. The minimum atomic E-state index is 0.0980. The number of hydrogen-bond acceptors (Lipinski definition) is 3. The standard InChI is InChI=1S/C9H18N2O2/c1-7(10-3)4-11-8(2)5-13-6-9(11)12/h7-8,10H,4-6H2,1-3H3. The molecule has 0 aromatic rings. The Kier molecular flexibility index (Phi) is 3.69. The first-order valence-corrected chi connectivity index (χ1v) is 4.69. The van der Waals surface area contributed by atoms with E-state index < -0.39 is 0 Å². The second-order valence-electron chi connectivity index (χ2n) is 3.60. The predicted octanol–water partition coefficient (Wildman–Crippen LogP) is -0.158. The maximum atomic E-state index is 11.4.